The van der Waals surface area contributed by atoms with E-state index in [0.717, 1.165) is 18.9 Å². The Morgan fingerprint density at radius 2 is 2.19 bits per heavy atom. The van der Waals surface area contributed by atoms with Gasteiger partial charge in [0.2, 0.25) is 0 Å². The molecular weight excluding hydrogens is 202 g/mol. The van der Waals surface area contributed by atoms with Crippen molar-refractivity contribution in [2.24, 2.45) is 5.92 Å². The lowest BCUT2D eigenvalue weighted by Crippen LogP contribution is -2.06. The first-order chi connectivity index (χ1) is 7.79. The second-order valence-electron chi connectivity index (χ2n) is 4.30. The fraction of sp³-hybridized carbons (Fsp3) is 0.538. The highest BCUT2D eigenvalue weighted by Gasteiger charge is 2.21. The lowest BCUT2D eigenvalue weighted by atomic mass is 10.1. The van der Waals surface area contributed by atoms with Crippen LogP contribution in [0.1, 0.15) is 25.3 Å². The Balaban J connectivity index is 1.78. The highest BCUT2D eigenvalue weighted by atomic mass is 16.7. The summed E-state index contributed by atoms with van der Waals surface area (Å²) in [5.41, 5.74) is 7.79. The van der Waals surface area contributed by atoms with Crippen molar-refractivity contribution in [3.8, 4) is 5.75 Å². The van der Waals surface area contributed by atoms with Gasteiger partial charge in [-0.1, -0.05) is 13.0 Å². The Hall–Kier alpha value is -1.22. The number of nitrogen functional groups attached to an aromatic ring is 1. The third kappa shape index (κ3) is 3.14. The van der Waals surface area contributed by atoms with Gasteiger partial charge in [0.1, 0.15) is 5.75 Å². The second kappa shape index (κ2) is 5.21. The quantitative estimate of drug-likeness (QED) is 0.456. The van der Waals surface area contributed by atoms with Crippen molar-refractivity contribution in [1.29, 1.82) is 0 Å². The van der Waals surface area contributed by atoms with E-state index in [1.54, 1.807) is 0 Å². The normalized spacial score (nSPS) is 15.1. The van der Waals surface area contributed by atoms with Crippen molar-refractivity contribution in [2.75, 3.05) is 19.1 Å². The van der Waals surface area contributed by atoms with Gasteiger partial charge in [0.15, 0.2) is 6.79 Å². The van der Waals surface area contributed by atoms with E-state index in [4.69, 9.17) is 15.2 Å². The number of hydrogen-bond donors (Lipinski definition) is 1. The fourth-order valence-corrected chi connectivity index (χ4v) is 1.55. The van der Waals surface area contributed by atoms with E-state index in [2.05, 4.69) is 6.92 Å². The molecule has 0 aromatic heterocycles. The van der Waals surface area contributed by atoms with Crippen LogP contribution in [0.4, 0.5) is 5.69 Å². The molecular formula is C13H19NO2. The highest BCUT2D eigenvalue weighted by Crippen LogP contribution is 2.29. The first-order valence-electron chi connectivity index (χ1n) is 5.88. The van der Waals surface area contributed by atoms with E-state index < -0.39 is 0 Å². The number of rotatable bonds is 6. The van der Waals surface area contributed by atoms with Crippen LogP contribution in [-0.2, 0) is 11.2 Å². The van der Waals surface area contributed by atoms with Crippen molar-refractivity contribution in [3.63, 3.8) is 0 Å². The Bertz CT molecular complexity index is 348. The maximum Gasteiger partial charge on any atom is 0.189 e. The maximum absolute atomic E-state index is 5.87. The summed E-state index contributed by atoms with van der Waals surface area (Å²) in [6.45, 7) is 3.22. The number of benzene rings is 1. The Morgan fingerprint density at radius 3 is 2.81 bits per heavy atom. The van der Waals surface area contributed by atoms with Gasteiger partial charge in [-0.05, 0) is 42.9 Å². The molecule has 88 valence electrons. The number of aryl methyl sites for hydroxylation is 1. The van der Waals surface area contributed by atoms with Gasteiger partial charge >= 0.3 is 0 Å². The summed E-state index contributed by atoms with van der Waals surface area (Å²) in [5.74, 6) is 1.48. The van der Waals surface area contributed by atoms with E-state index in [1.807, 2.05) is 18.2 Å². The average Bonchev–Trinajstić information content (AvgIpc) is 3.10. The summed E-state index contributed by atoms with van der Waals surface area (Å²) >= 11 is 0. The molecule has 0 bridgehead atoms. The molecule has 1 aromatic rings. The molecule has 0 unspecified atom stereocenters. The van der Waals surface area contributed by atoms with E-state index in [-0.39, 0.29) is 0 Å². The number of anilines is 1. The standard InChI is InChI=1S/C13H19NO2/c1-2-10-5-6-13(12(14)7-10)16-9-15-8-11-3-4-11/h5-7,11H,2-4,8-9,14H2,1H3. The SMILES string of the molecule is CCc1ccc(OCOCC2CC2)c(N)c1. The molecule has 1 aliphatic rings. The molecule has 1 aromatic carbocycles. The summed E-state index contributed by atoms with van der Waals surface area (Å²) in [6.07, 6.45) is 3.59. The minimum absolute atomic E-state index is 0.298. The molecule has 0 aliphatic heterocycles. The Morgan fingerprint density at radius 1 is 1.38 bits per heavy atom. The summed E-state index contributed by atoms with van der Waals surface area (Å²) < 4.78 is 10.9. The largest absolute Gasteiger partial charge is 0.465 e. The molecule has 0 spiro atoms. The van der Waals surface area contributed by atoms with Crippen molar-refractivity contribution in [2.45, 2.75) is 26.2 Å². The molecule has 0 atom stereocenters. The molecule has 2 N–H and O–H groups in total. The highest BCUT2D eigenvalue weighted by molar-refractivity contribution is 5.54. The molecule has 16 heavy (non-hydrogen) atoms. The van der Waals surface area contributed by atoms with Crippen LogP contribution in [0.25, 0.3) is 0 Å². The Kier molecular flexibility index (Phi) is 3.67. The van der Waals surface area contributed by atoms with Gasteiger partial charge in [0.25, 0.3) is 0 Å². The maximum atomic E-state index is 5.87. The molecule has 3 nitrogen and oxygen atoms in total. The smallest absolute Gasteiger partial charge is 0.189 e. The third-order valence-electron chi connectivity index (χ3n) is 2.83. The Labute approximate surface area is 96.5 Å². The van der Waals surface area contributed by atoms with Crippen LogP contribution in [0.2, 0.25) is 0 Å². The predicted octanol–water partition coefficient (Wildman–Crippen LogP) is 2.59. The van der Waals surface area contributed by atoms with Crippen molar-refractivity contribution in [3.05, 3.63) is 23.8 Å². The number of nitrogens with two attached hydrogens (primary N) is 1. The van der Waals surface area contributed by atoms with E-state index in [1.165, 1.54) is 18.4 Å². The lowest BCUT2D eigenvalue weighted by Gasteiger charge is -2.10. The first kappa shape index (κ1) is 11.3. The summed E-state index contributed by atoms with van der Waals surface area (Å²) in [6, 6.07) is 5.90. The van der Waals surface area contributed by atoms with Crippen LogP contribution in [0.3, 0.4) is 0 Å². The minimum atomic E-state index is 0.298. The zero-order valence-corrected chi connectivity index (χ0v) is 9.74. The van der Waals surface area contributed by atoms with Gasteiger partial charge in [-0.2, -0.15) is 0 Å². The van der Waals surface area contributed by atoms with E-state index >= 15 is 0 Å². The topological polar surface area (TPSA) is 44.5 Å². The molecule has 0 heterocycles. The van der Waals surface area contributed by atoms with Gasteiger partial charge in [-0.15, -0.1) is 0 Å². The second-order valence-corrected chi connectivity index (χ2v) is 4.30. The average molecular weight is 221 g/mol. The van der Waals surface area contributed by atoms with Crippen molar-refractivity contribution in [1.82, 2.24) is 0 Å². The van der Waals surface area contributed by atoms with Crippen LogP contribution < -0.4 is 10.5 Å². The zero-order chi connectivity index (χ0) is 11.4. The molecule has 1 aliphatic carbocycles. The zero-order valence-electron chi connectivity index (χ0n) is 9.74. The number of ether oxygens (including phenoxy) is 2. The van der Waals surface area contributed by atoms with Gasteiger partial charge in [-0.3, -0.25) is 0 Å². The monoisotopic (exact) mass is 221 g/mol. The molecule has 1 saturated carbocycles. The third-order valence-corrected chi connectivity index (χ3v) is 2.83. The van der Waals surface area contributed by atoms with Crippen LogP contribution >= 0.6 is 0 Å². The molecule has 0 amide bonds. The van der Waals surface area contributed by atoms with Crippen molar-refractivity contribution >= 4 is 5.69 Å². The molecule has 2 rings (SSSR count). The summed E-state index contributed by atoms with van der Waals surface area (Å²) in [7, 11) is 0. The van der Waals surface area contributed by atoms with Crippen LogP contribution in [0.5, 0.6) is 5.75 Å². The fourth-order valence-electron chi connectivity index (χ4n) is 1.55. The number of hydrogen-bond acceptors (Lipinski definition) is 3. The molecule has 0 radical (unpaired) electrons. The molecule has 3 heteroatoms. The van der Waals surface area contributed by atoms with Crippen LogP contribution in [-0.4, -0.2) is 13.4 Å². The van der Waals surface area contributed by atoms with Crippen LogP contribution in [0, 0.1) is 5.92 Å². The van der Waals surface area contributed by atoms with E-state index in [9.17, 15) is 0 Å². The molecule has 0 saturated heterocycles. The van der Waals surface area contributed by atoms with Crippen LogP contribution in [0.15, 0.2) is 18.2 Å². The van der Waals surface area contributed by atoms with Gasteiger partial charge in [0, 0.05) is 0 Å². The minimum Gasteiger partial charge on any atom is -0.465 e. The summed E-state index contributed by atoms with van der Waals surface area (Å²) in [5, 5.41) is 0. The van der Waals surface area contributed by atoms with E-state index in [0.29, 0.717) is 18.2 Å². The van der Waals surface area contributed by atoms with Gasteiger partial charge in [0.05, 0.1) is 12.3 Å². The summed E-state index contributed by atoms with van der Waals surface area (Å²) in [4.78, 5) is 0. The predicted molar refractivity (Wildman–Crippen MR) is 64.4 cm³/mol. The first-order valence-corrected chi connectivity index (χ1v) is 5.88. The van der Waals surface area contributed by atoms with Gasteiger partial charge < -0.3 is 15.2 Å². The molecule has 1 fully saturated rings. The van der Waals surface area contributed by atoms with Crippen molar-refractivity contribution < 1.29 is 9.47 Å². The lowest BCUT2D eigenvalue weighted by molar-refractivity contribution is 0.0104. The van der Waals surface area contributed by atoms with Gasteiger partial charge in [-0.25, -0.2) is 0 Å².